The first-order chi connectivity index (χ1) is 12.6. The quantitative estimate of drug-likeness (QED) is 0.635. The molecule has 1 aliphatic heterocycles. The fourth-order valence-corrected chi connectivity index (χ4v) is 4.40. The molecule has 1 fully saturated rings. The number of carbonyl (C=O) groups excluding carboxylic acids is 1. The number of aryl methyl sites for hydroxylation is 1. The molecule has 7 nitrogen and oxygen atoms in total. The van der Waals surface area contributed by atoms with Gasteiger partial charge in [0.2, 0.25) is 15.9 Å². The Morgan fingerprint density at radius 3 is 2.28 bits per heavy atom. The molecule has 1 atom stereocenters. The number of carbonyl (C=O) groups is 1. The zero-order chi connectivity index (χ0) is 20.2. The summed E-state index contributed by atoms with van der Waals surface area (Å²) in [5.74, 6) is -0.940. The van der Waals surface area contributed by atoms with E-state index in [9.17, 15) is 13.2 Å². The van der Waals surface area contributed by atoms with E-state index in [4.69, 9.17) is 5.73 Å². The molecule has 10 heteroatoms. The van der Waals surface area contributed by atoms with Crippen molar-refractivity contribution in [2.45, 2.75) is 33.2 Å². The highest BCUT2D eigenvalue weighted by molar-refractivity contribution is 7.89. The van der Waals surface area contributed by atoms with Crippen LogP contribution >= 0.6 is 24.8 Å². The number of rotatable bonds is 7. The Bertz CT molecular complexity index is 768. The Labute approximate surface area is 187 Å². The minimum absolute atomic E-state index is 0. The van der Waals surface area contributed by atoms with Crippen LogP contribution in [0.25, 0.3) is 0 Å². The summed E-state index contributed by atoms with van der Waals surface area (Å²) in [7, 11) is -3.65. The van der Waals surface area contributed by atoms with Crippen LogP contribution in [-0.4, -0.2) is 62.6 Å². The second-order valence-electron chi connectivity index (χ2n) is 7.81. The molecule has 1 heterocycles. The molecule has 1 unspecified atom stereocenters. The van der Waals surface area contributed by atoms with Crippen molar-refractivity contribution in [3.8, 4) is 0 Å². The summed E-state index contributed by atoms with van der Waals surface area (Å²) in [6.45, 7) is 10.00. The normalized spacial score (nSPS) is 17.1. The number of benzene rings is 1. The maximum atomic E-state index is 12.7. The largest absolute Gasteiger partial charge is 0.369 e. The third-order valence-corrected chi connectivity index (χ3v) is 7.21. The number of hydrogen-bond acceptors (Lipinski definition) is 5. The summed E-state index contributed by atoms with van der Waals surface area (Å²) in [5.41, 5.74) is 7.42. The summed E-state index contributed by atoms with van der Waals surface area (Å²) in [6, 6.07) is 8.16. The lowest BCUT2D eigenvalue weighted by Crippen LogP contribution is -2.57. The smallest absolute Gasteiger partial charge is 0.237 e. The zero-order valence-corrected chi connectivity index (χ0v) is 20.0. The van der Waals surface area contributed by atoms with Gasteiger partial charge in [0.25, 0.3) is 0 Å². The number of amides is 1. The monoisotopic (exact) mass is 468 g/mol. The average Bonchev–Trinajstić information content (AvgIpc) is 2.61. The van der Waals surface area contributed by atoms with Gasteiger partial charge < -0.3 is 16.0 Å². The second-order valence-corrected chi connectivity index (χ2v) is 9.77. The molecule has 29 heavy (non-hydrogen) atoms. The van der Waals surface area contributed by atoms with Crippen LogP contribution < -0.4 is 16.0 Å². The van der Waals surface area contributed by atoms with Crippen LogP contribution in [0.2, 0.25) is 0 Å². The molecule has 168 valence electrons. The molecule has 0 aromatic heterocycles. The van der Waals surface area contributed by atoms with Crippen molar-refractivity contribution < 1.29 is 13.2 Å². The first-order valence-corrected chi connectivity index (χ1v) is 11.0. The Hall–Kier alpha value is -1.06. The first-order valence-electron chi connectivity index (χ1n) is 9.38. The van der Waals surface area contributed by atoms with E-state index < -0.39 is 27.2 Å². The van der Waals surface area contributed by atoms with Crippen molar-refractivity contribution in [1.29, 1.82) is 0 Å². The highest BCUT2D eigenvalue weighted by atomic mass is 35.5. The number of sulfonamides is 1. The van der Waals surface area contributed by atoms with E-state index in [1.807, 2.05) is 45.9 Å². The van der Waals surface area contributed by atoms with Crippen LogP contribution in [0.5, 0.6) is 0 Å². The molecule has 0 saturated carbocycles. The number of nitrogens with zero attached hydrogens (tertiary/aromatic N) is 2. The summed E-state index contributed by atoms with van der Waals surface area (Å²) in [4.78, 5) is 14.5. The number of nitrogens with one attached hydrogen (secondary N) is 1. The fourth-order valence-electron chi connectivity index (χ4n) is 3.09. The maximum absolute atomic E-state index is 12.7. The van der Waals surface area contributed by atoms with E-state index in [0.29, 0.717) is 26.2 Å². The number of anilines is 1. The molecule has 0 radical (unpaired) electrons. The van der Waals surface area contributed by atoms with Crippen molar-refractivity contribution in [3.05, 3.63) is 29.8 Å². The molecule has 3 N–H and O–H groups in total. The molecular weight excluding hydrogens is 435 g/mol. The fraction of sp³-hybridized carbons (Fsp3) is 0.632. The Kier molecular flexibility index (Phi) is 10.9. The highest BCUT2D eigenvalue weighted by Gasteiger charge is 2.33. The van der Waals surface area contributed by atoms with Gasteiger partial charge in [0.05, 0.1) is 5.54 Å². The molecule has 0 bridgehead atoms. The molecule has 1 aromatic rings. The van der Waals surface area contributed by atoms with Crippen molar-refractivity contribution in [2.24, 2.45) is 11.7 Å². The van der Waals surface area contributed by atoms with Crippen LogP contribution in [0.3, 0.4) is 0 Å². The molecule has 0 spiro atoms. The summed E-state index contributed by atoms with van der Waals surface area (Å²) >= 11 is 0. The van der Waals surface area contributed by atoms with E-state index in [2.05, 4.69) is 16.3 Å². The van der Waals surface area contributed by atoms with Gasteiger partial charge >= 0.3 is 0 Å². The lowest BCUT2D eigenvalue weighted by atomic mass is 9.88. The molecule has 0 aliphatic carbocycles. The van der Waals surface area contributed by atoms with Crippen LogP contribution in [0.4, 0.5) is 5.69 Å². The van der Waals surface area contributed by atoms with Gasteiger partial charge in [-0.3, -0.25) is 4.79 Å². The molecule has 1 saturated heterocycles. The van der Waals surface area contributed by atoms with Crippen LogP contribution in [0.1, 0.15) is 26.3 Å². The lowest BCUT2D eigenvalue weighted by molar-refractivity contribution is -0.120. The predicted octanol–water partition coefficient (Wildman–Crippen LogP) is 1.78. The third-order valence-electron chi connectivity index (χ3n) is 5.44. The zero-order valence-electron chi connectivity index (χ0n) is 17.6. The second kappa shape index (κ2) is 11.4. The maximum Gasteiger partial charge on any atom is 0.237 e. The van der Waals surface area contributed by atoms with Crippen molar-refractivity contribution >= 4 is 46.4 Å². The molecule has 1 aromatic carbocycles. The lowest BCUT2D eigenvalue weighted by Gasteiger charge is -2.36. The third kappa shape index (κ3) is 7.29. The number of hydrogen-bond donors (Lipinski definition) is 2. The van der Waals surface area contributed by atoms with Gasteiger partial charge in [-0.25, -0.2) is 8.42 Å². The Morgan fingerprint density at radius 2 is 1.79 bits per heavy atom. The Morgan fingerprint density at radius 1 is 1.21 bits per heavy atom. The van der Waals surface area contributed by atoms with Gasteiger partial charge in [0.1, 0.15) is 5.75 Å². The SMILES string of the molecule is Cc1cccc(N2CCN(S(=O)(=O)CC(=O)NC(C)(CN)C(C)C)CC2)c1.Cl.Cl. The van der Waals surface area contributed by atoms with Crippen molar-refractivity contribution in [2.75, 3.05) is 43.4 Å². The van der Waals surface area contributed by atoms with E-state index in [0.717, 1.165) is 5.69 Å². The van der Waals surface area contributed by atoms with Crippen LogP contribution in [-0.2, 0) is 14.8 Å². The summed E-state index contributed by atoms with van der Waals surface area (Å²) in [6.07, 6.45) is 0. The summed E-state index contributed by atoms with van der Waals surface area (Å²) < 4.78 is 26.7. The molecule has 2 rings (SSSR count). The average molecular weight is 469 g/mol. The number of halogens is 2. The van der Waals surface area contributed by atoms with Crippen LogP contribution in [0, 0.1) is 12.8 Å². The topological polar surface area (TPSA) is 95.7 Å². The minimum Gasteiger partial charge on any atom is -0.369 e. The van der Waals surface area contributed by atoms with Gasteiger partial charge in [-0.15, -0.1) is 24.8 Å². The summed E-state index contributed by atoms with van der Waals surface area (Å²) in [5, 5.41) is 2.80. The highest BCUT2D eigenvalue weighted by Crippen LogP contribution is 2.19. The van der Waals surface area contributed by atoms with Gasteiger partial charge in [0.15, 0.2) is 0 Å². The van der Waals surface area contributed by atoms with E-state index >= 15 is 0 Å². The molecule has 1 amide bonds. The Balaban J connectivity index is 0.00000392. The number of nitrogens with two attached hydrogens (primary N) is 1. The van der Waals surface area contributed by atoms with Crippen LogP contribution in [0.15, 0.2) is 24.3 Å². The van der Waals surface area contributed by atoms with E-state index in [1.54, 1.807) is 0 Å². The molecular formula is C19H34Cl2N4O3S. The van der Waals surface area contributed by atoms with Crippen molar-refractivity contribution in [1.82, 2.24) is 9.62 Å². The standard InChI is InChI=1S/C19H32N4O3S.2ClH/c1-15(2)19(4,14-20)21-18(24)13-27(25,26)23-10-8-22(9-11-23)17-7-5-6-16(3)12-17;;/h5-7,12,15H,8-11,13-14,20H2,1-4H3,(H,21,24);2*1H. The van der Waals surface area contributed by atoms with Gasteiger partial charge in [-0.1, -0.05) is 26.0 Å². The van der Waals surface area contributed by atoms with Gasteiger partial charge in [-0.05, 0) is 37.5 Å². The molecule has 1 aliphatic rings. The van der Waals surface area contributed by atoms with E-state index in [-0.39, 0.29) is 37.3 Å². The minimum atomic E-state index is -3.65. The van der Waals surface area contributed by atoms with Crippen molar-refractivity contribution in [3.63, 3.8) is 0 Å². The first kappa shape index (κ1) is 27.9. The van der Waals surface area contributed by atoms with E-state index in [1.165, 1.54) is 9.87 Å². The van der Waals surface area contributed by atoms with Gasteiger partial charge in [-0.2, -0.15) is 4.31 Å². The number of piperazine rings is 1. The predicted molar refractivity (Wildman–Crippen MR) is 124 cm³/mol. The van der Waals surface area contributed by atoms with Gasteiger partial charge in [0, 0.05) is 38.4 Å².